The fourth-order valence-electron chi connectivity index (χ4n) is 1.27. The summed E-state index contributed by atoms with van der Waals surface area (Å²) in [6.07, 6.45) is 0. The molecule has 0 saturated heterocycles. The number of carboxylic acids is 1. The van der Waals surface area contributed by atoms with Gasteiger partial charge in [0.15, 0.2) is 0 Å². The molecule has 0 aliphatic rings. The number of esters is 1. The highest BCUT2D eigenvalue weighted by Crippen LogP contribution is 2.25. The monoisotopic (exact) mass is 346 g/mol. The lowest BCUT2D eigenvalue weighted by atomic mass is 10.2. The smallest absolute Gasteiger partial charge is 0.336 e. The first-order chi connectivity index (χ1) is 8.69. The molecule has 1 rings (SSSR count). The average molecular weight is 347 g/mol. The van der Waals surface area contributed by atoms with Crippen molar-refractivity contribution in [1.29, 1.82) is 0 Å². The molecule has 1 aromatic carbocycles. The number of hydrogen-bond donors (Lipinski definition) is 1. The van der Waals surface area contributed by atoms with Gasteiger partial charge < -0.3 is 9.84 Å². The van der Waals surface area contributed by atoms with E-state index in [9.17, 15) is 9.59 Å². The molecule has 0 aliphatic heterocycles. The summed E-state index contributed by atoms with van der Waals surface area (Å²) in [6, 6.07) is 4.94. The molecule has 0 bridgehead atoms. The van der Waals surface area contributed by atoms with Gasteiger partial charge >= 0.3 is 11.9 Å². The molecule has 1 N–H and O–H groups in total. The maximum atomic E-state index is 11.5. The third-order valence-electron chi connectivity index (χ3n) is 1.94. The predicted octanol–water partition coefficient (Wildman–Crippen LogP) is 3.58. The molecule has 104 valence electrons. The Morgan fingerprint density at radius 3 is 2.53 bits per heavy atom. The van der Waals surface area contributed by atoms with E-state index in [1.165, 1.54) is 17.8 Å². The highest BCUT2D eigenvalue weighted by atomic mass is 79.9. The van der Waals surface area contributed by atoms with Crippen LogP contribution in [0.15, 0.2) is 27.6 Å². The van der Waals surface area contributed by atoms with Gasteiger partial charge in [0, 0.05) is 9.37 Å². The molecular weight excluding hydrogens is 332 g/mol. The van der Waals surface area contributed by atoms with Gasteiger partial charge in [-0.3, -0.25) is 4.79 Å². The summed E-state index contributed by atoms with van der Waals surface area (Å²) in [5, 5.41) is 8.99. The van der Waals surface area contributed by atoms with Crippen molar-refractivity contribution in [3.8, 4) is 0 Å². The van der Waals surface area contributed by atoms with Gasteiger partial charge in [0.2, 0.25) is 0 Å². The van der Waals surface area contributed by atoms with Crippen molar-refractivity contribution in [2.75, 3.05) is 5.75 Å². The molecule has 0 spiro atoms. The molecule has 0 amide bonds. The first-order valence-corrected chi connectivity index (χ1v) is 7.34. The van der Waals surface area contributed by atoms with Crippen LogP contribution in [0.5, 0.6) is 0 Å². The van der Waals surface area contributed by atoms with Crippen LogP contribution in [0.4, 0.5) is 0 Å². The van der Waals surface area contributed by atoms with E-state index >= 15 is 0 Å². The molecule has 0 heterocycles. The predicted molar refractivity (Wildman–Crippen MR) is 77.7 cm³/mol. The van der Waals surface area contributed by atoms with Crippen LogP contribution in [0.2, 0.25) is 0 Å². The van der Waals surface area contributed by atoms with Gasteiger partial charge in [-0.1, -0.05) is 0 Å². The standard InChI is InChI=1S/C13H15BrO4S/c1-13(2,3)18-11(15)7-19-8-4-5-10(14)9(6-8)12(16)17/h4-6H,7H2,1-3H3,(H,16,17). The summed E-state index contributed by atoms with van der Waals surface area (Å²) >= 11 is 4.42. The summed E-state index contributed by atoms with van der Waals surface area (Å²) in [6.45, 7) is 5.41. The number of hydrogen-bond acceptors (Lipinski definition) is 4. The van der Waals surface area contributed by atoms with Crippen molar-refractivity contribution in [2.45, 2.75) is 31.3 Å². The average Bonchev–Trinajstić information content (AvgIpc) is 2.25. The van der Waals surface area contributed by atoms with Crippen LogP contribution in [0.1, 0.15) is 31.1 Å². The number of carboxylic acid groups (broad SMARTS) is 1. The highest BCUT2D eigenvalue weighted by Gasteiger charge is 2.16. The second kappa shape index (κ2) is 6.43. The molecule has 1 aromatic rings. The number of carbonyl (C=O) groups is 2. The molecular formula is C13H15BrO4S. The van der Waals surface area contributed by atoms with E-state index in [4.69, 9.17) is 9.84 Å². The number of ether oxygens (including phenoxy) is 1. The zero-order valence-corrected chi connectivity index (χ0v) is 13.3. The van der Waals surface area contributed by atoms with Gasteiger partial charge in [0.05, 0.1) is 11.3 Å². The van der Waals surface area contributed by atoms with Gasteiger partial charge in [0.25, 0.3) is 0 Å². The SMILES string of the molecule is CC(C)(C)OC(=O)CSc1ccc(Br)c(C(=O)O)c1. The van der Waals surface area contributed by atoms with E-state index in [-0.39, 0.29) is 17.3 Å². The molecule has 0 unspecified atom stereocenters. The Kier molecular flexibility index (Phi) is 5.43. The summed E-state index contributed by atoms with van der Waals surface area (Å²) in [4.78, 5) is 23.2. The van der Waals surface area contributed by atoms with Gasteiger partial charge in [0.1, 0.15) is 5.60 Å². The van der Waals surface area contributed by atoms with Crippen molar-refractivity contribution >= 4 is 39.6 Å². The number of benzene rings is 1. The topological polar surface area (TPSA) is 63.6 Å². The highest BCUT2D eigenvalue weighted by molar-refractivity contribution is 9.10. The van der Waals surface area contributed by atoms with Crippen LogP contribution < -0.4 is 0 Å². The second-order valence-corrected chi connectivity index (χ2v) is 6.73. The van der Waals surface area contributed by atoms with Crippen molar-refractivity contribution in [2.24, 2.45) is 0 Å². The molecule has 0 aromatic heterocycles. The lowest BCUT2D eigenvalue weighted by molar-refractivity contribution is -0.151. The molecule has 0 saturated carbocycles. The normalized spacial score (nSPS) is 11.2. The Labute approximate surface area is 124 Å². The van der Waals surface area contributed by atoms with Crippen LogP contribution in [0, 0.1) is 0 Å². The van der Waals surface area contributed by atoms with Crippen LogP contribution in [-0.2, 0) is 9.53 Å². The summed E-state index contributed by atoms with van der Waals surface area (Å²) in [5.74, 6) is -1.18. The minimum absolute atomic E-state index is 0.151. The minimum Gasteiger partial charge on any atom is -0.478 e. The van der Waals surface area contributed by atoms with Crippen LogP contribution in [0.3, 0.4) is 0 Å². The minimum atomic E-state index is -1.01. The maximum Gasteiger partial charge on any atom is 0.336 e. The van der Waals surface area contributed by atoms with E-state index < -0.39 is 11.6 Å². The Morgan fingerprint density at radius 1 is 1.37 bits per heavy atom. The summed E-state index contributed by atoms with van der Waals surface area (Å²) < 4.78 is 5.69. The lowest BCUT2D eigenvalue weighted by Gasteiger charge is -2.19. The molecule has 0 fully saturated rings. The third-order valence-corrected chi connectivity index (χ3v) is 3.60. The fraction of sp³-hybridized carbons (Fsp3) is 0.385. The van der Waals surface area contributed by atoms with Crippen molar-refractivity contribution < 1.29 is 19.4 Å². The molecule has 0 aliphatic carbocycles. The van der Waals surface area contributed by atoms with Crippen molar-refractivity contribution in [3.05, 3.63) is 28.2 Å². The van der Waals surface area contributed by atoms with E-state index in [1.807, 2.05) is 0 Å². The molecule has 6 heteroatoms. The van der Waals surface area contributed by atoms with E-state index in [0.29, 0.717) is 9.37 Å². The first kappa shape index (κ1) is 16.0. The fourth-order valence-corrected chi connectivity index (χ4v) is 2.40. The Morgan fingerprint density at radius 2 is 2.00 bits per heavy atom. The number of rotatable bonds is 4. The van der Waals surface area contributed by atoms with E-state index in [0.717, 1.165) is 0 Å². The molecule has 0 radical (unpaired) electrons. The summed E-state index contributed by atoms with van der Waals surface area (Å²) in [7, 11) is 0. The summed E-state index contributed by atoms with van der Waals surface area (Å²) in [5.41, 5.74) is -0.335. The van der Waals surface area contributed by atoms with Crippen LogP contribution in [0.25, 0.3) is 0 Å². The molecule has 19 heavy (non-hydrogen) atoms. The molecule has 0 atom stereocenters. The second-order valence-electron chi connectivity index (χ2n) is 4.82. The number of halogens is 1. The van der Waals surface area contributed by atoms with Gasteiger partial charge in [-0.25, -0.2) is 4.79 Å². The molecule has 4 nitrogen and oxygen atoms in total. The number of carbonyl (C=O) groups excluding carboxylic acids is 1. The van der Waals surface area contributed by atoms with Crippen LogP contribution >= 0.6 is 27.7 Å². The Hall–Kier alpha value is -1.01. The zero-order valence-electron chi connectivity index (χ0n) is 10.9. The Balaban J connectivity index is 2.66. The van der Waals surface area contributed by atoms with Gasteiger partial charge in [-0.2, -0.15) is 0 Å². The maximum absolute atomic E-state index is 11.5. The Bertz CT molecular complexity index is 494. The van der Waals surface area contributed by atoms with Crippen molar-refractivity contribution in [3.63, 3.8) is 0 Å². The lowest BCUT2D eigenvalue weighted by Crippen LogP contribution is -2.24. The number of aromatic carboxylic acids is 1. The van der Waals surface area contributed by atoms with Gasteiger partial charge in [-0.15, -0.1) is 11.8 Å². The quantitative estimate of drug-likeness (QED) is 0.666. The largest absolute Gasteiger partial charge is 0.478 e. The first-order valence-electron chi connectivity index (χ1n) is 5.56. The number of thioether (sulfide) groups is 1. The zero-order chi connectivity index (χ0) is 14.6. The van der Waals surface area contributed by atoms with E-state index in [2.05, 4.69) is 15.9 Å². The van der Waals surface area contributed by atoms with Gasteiger partial charge in [-0.05, 0) is 54.9 Å². The van der Waals surface area contributed by atoms with E-state index in [1.54, 1.807) is 32.9 Å². The van der Waals surface area contributed by atoms with Crippen molar-refractivity contribution in [1.82, 2.24) is 0 Å². The third kappa shape index (κ3) is 5.65. The van der Waals surface area contributed by atoms with Crippen LogP contribution in [-0.4, -0.2) is 28.4 Å².